The largest absolute Gasteiger partial charge is 0.336 e. The van der Waals surface area contributed by atoms with Crippen LogP contribution >= 0.6 is 0 Å². The molecule has 2 aromatic rings. The molecule has 1 atom stereocenters. The van der Waals surface area contributed by atoms with Crippen LogP contribution in [-0.2, 0) is 16.1 Å². The smallest absolute Gasteiger partial charge is 0.329 e. The molecule has 0 saturated heterocycles. The molecule has 0 spiro atoms. The number of aromatic nitrogens is 2. The number of carbonyl (C=O) groups is 3. The van der Waals surface area contributed by atoms with E-state index in [0.29, 0.717) is 11.5 Å². The number of H-pyrrole nitrogens is 1. The molecule has 0 aliphatic carbocycles. The fourth-order valence-corrected chi connectivity index (χ4v) is 2.69. The lowest BCUT2D eigenvalue weighted by Gasteiger charge is -2.16. The number of hydrogen-bond acceptors (Lipinski definition) is 5. The predicted octanol–water partition coefficient (Wildman–Crippen LogP) is 1.96. The second-order valence-corrected chi connectivity index (χ2v) is 5.88. The molecule has 0 fully saturated rings. The van der Waals surface area contributed by atoms with Crippen molar-refractivity contribution in [3.8, 4) is 0 Å². The third kappa shape index (κ3) is 2.58. The van der Waals surface area contributed by atoms with Gasteiger partial charge in [0.2, 0.25) is 0 Å². The lowest BCUT2D eigenvalue weighted by Crippen LogP contribution is -2.35. The van der Waals surface area contributed by atoms with Crippen molar-refractivity contribution in [2.75, 3.05) is 0 Å². The molecule has 1 N–H and O–H groups in total. The van der Waals surface area contributed by atoms with E-state index in [0.717, 1.165) is 17.0 Å². The number of nitrogens with zero attached hydrogens (tertiary/aromatic N) is 2. The number of hydrogen-bond donors (Lipinski definition) is 1. The van der Waals surface area contributed by atoms with Crippen LogP contribution in [0.2, 0.25) is 0 Å². The van der Waals surface area contributed by atoms with Crippen LogP contribution in [0.25, 0.3) is 0 Å². The van der Waals surface area contributed by atoms with Gasteiger partial charge in [-0.25, -0.2) is 4.79 Å². The maximum atomic E-state index is 12.3. The summed E-state index contributed by atoms with van der Waals surface area (Å²) >= 11 is 0. The van der Waals surface area contributed by atoms with E-state index in [2.05, 4.69) is 10.2 Å². The summed E-state index contributed by atoms with van der Waals surface area (Å²) in [6, 6.07) is 6.38. The van der Waals surface area contributed by atoms with E-state index in [1.165, 1.54) is 12.1 Å². The average Bonchev–Trinajstić information content (AvgIpc) is 3.01. The van der Waals surface area contributed by atoms with Gasteiger partial charge in [-0.2, -0.15) is 5.10 Å². The van der Waals surface area contributed by atoms with Crippen molar-refractivity contribution in [3.05, 3.63) is 52.3 Å². The van der Waals surface area contributed by atoms with Gasteiger partial charge in [-0.1, -0.05) is 24.1 Å². The predicted molar refractivity (Wildman–Crippen MR) is 84.0 cm³/mol. The fraction of sp³-hybridized carbons (Fsp3) is 0.294. The van der Waals surface area contributed by atoms with Crippen molar-refractivity contribution >= 4 is 17.8 Å². The van der Waals surface area contributed by atoms with Gasteiger partial charge in [0.25, 0.3) is 11.8 Å². The highest BCUT2D eigenvalue weighted by molar-refractivity contribution is 6.20. The van der Waals surface area contributed by atoms with Gasteiger partial charge in [-0.3, -0.25) is 14.7 Å². The normalized spacial score (nSPS) is 14.7. The molecule has 1 aliphatic heterocycles. The molecular weight excluding hydrogens is 310 g/mol. The Morgan fingerprint density at radius 1 is 1.21 bits per heavy atom. The second-order valence-electron chi connectivity index (χ2n) is 5.88. The maximum Gasteiger partial charge on any atom is 0.336 e. The Kier molecular flexibility index (Phi) is 3.92. The first-order valence-corrected chi connectivity index (χ1v) is 7.60. The second kappa shape index (κ2) is 5.92. The molecule has 0 bridgehead atoms. The Hall–Kier alpha value is -2.96. The minimum Gasteiger partial charge on any atom is -0.329 e. The Morgan fingerprint density at radius 2 is 1.79 bits per heavy atom. The van der Waals surface area contributed by atoms with Crippen LogP contribution in [0, 0.1) is 19.8 Å². The summed E-state index contributed by atoms with van der Waals surface area (Å²) in [6.07, 6.45) is 0.413. The van der Waals surface area contributed by atoms with E-state index in [1.807, 2.05) is 13.8 Å². The number of nitrogens with one attached hydrogen (secondary N) is 1. The highest BCUT2D eigenvalue weighted by Gasteiger charge is 2.39. The fourth-order valence-electron chi connectivity index (χ4n) is 2.69. The zero-order valence-electron chi connectivity index (χ0n) is 13.6. The first-order valence-electron chi connectivity index (χ1n) is 7.60. The summed E-state index contributed by atoms with van der Waals surface area (Å²) in [6.45, 7) is 5.41. The quantitative estimate of drug-likeness (QED) is 0.867. The molecule has 7 heteroatoms. The Morgan fingerprint density at radius 3 is 2.29 bits per heavy atom. The molecule has 7 nitrogen and oxygen atoms in total. The number of hydroxylamine groups is 2. The summed E-state index contributed by atoms with van der Waals surface area (Å²) < 4.78 is 0. The van der Waals surface area contributed by atoms with Crippen LogP contribution in [0.15, 0.2) is 24.3 Å². The first kappa shape index (κ1) is 15.9. The van der Waals surface area contributed by atoms with Crippen molar-refractivity contribution in [1.29, 1.82) is 0 Å². The summed E-state index contributed by atoms with van der Waals surface area (Å²) in [5.41, 5.74) is 3.11. The molecule has 1 unspecified atom stereocenters. The van der Waals surface area contributed by atoms with Crippen molar-refractivity contribution < 1.29 is 19.2 Å². The third-order valence-corrected chi connectivity index (χ3v) is 4.13. The van der Waals surface area contributed by atoms with E-state index in [9.17, 15) is 14.4 Å². The van der Waals surface area contributed by atoms with E-state index < -0.39 is 23.7 Å². The topological polar surface area (TPSA) is 92.4 Å². The molecule has 3 rings (SSSR count). The summed E-state index contributed by atoms with van der Waals surface area (Å²) in [5, 5.41) is 7.49. The van der Waals surface area contributed by atoms with Gasteiger partial charge in [0.05, 0.1) is 22.7 Å². The summed E-state index contributed by atoms with van der Waals surface area (Å²) in [5.74, 6) is -2.40. The number of amides is 2. The molecule has 0 saturated carbocycles. The Bertz CT molecular complexity index is 786. The number of aromatic amines is 1. The van der Waals surface area contributed by atoms with Crippen LogP contribution in [0.3, 0.4) is 0 Å². The van der Waals surface area contributed by atoms with Crippen LogP contribution in [0.5, 0.6) is 0 Å². The van der Waals surface area contributed by atoms with Crippen LogP contribution in [0.4, 0.5) is 0 Å². The number of rotatable bonds is 4. The van der Waals surface area contributed by atoms with Gasteiger partial charge >= 0.3 is 5.97 Å². The number of benzene rings is 1. The average molecular weight is 327 g/mol. The zero-order valence-corrected chi connectivity index (χ0v) is 13.6. The van der Waals surface area contributed by atoms with Crippen LogP contribution in [0.1, 0.15) is 44.6 Å². The molecule has 124 valence electrons. The minimum absolute atomic E-state index is 0.240. The van der Waals surface area contributed by atoms with Crippen molar-refractivity contribution in [1.82, 2.24) is 15.3 Å². The Labute approximate surface area is 138 Å². The van der Waals surface area contributed by atoms with Crippen molar-refractivity contribution in [3.63, 3.8) is 0 Å². The molecule has 1 aromatic heterocycles. The standard InChI is InChI=1S/C17H17N3O4/c1-9(8-14-10(2)18-19-11(14)3)17(23)24-20-15(21)12-6-4-5-7-13(12)16(20)22/h4-7,9H,8H2,1-3H3,(H,18,19). The molecule has 2 heterocycles. The molecular formula is C17H17N3O4. The first-order chi connectivity index (χ1) is 11.4. The highest BCUT2D eigenvalue weighted by atomic mass is 16.7. The van der Waals surface area contributed by atoms with E-state index >= 15 is 0 Å². The zero-order chi connectivity index (χ0) is 17.4. The SMILES string of the molecule is Cc1n[nH]c(C)c1CC(C)C(=O)ON1C(=O)c2ccccc2C1=O. The molecule has 0 radical (unpaired) electrons. The van der Waals surface area contributed by atoms with E-state index in [1.54, 1.807) is 19.1 Å². The van der Waals surface area contributed by atoms with Gasteiger partial charge in [0.15, 0.2) is 0 Å². The number of aryl methyl sites for hydroxylation is 2. The van der Waals surface area contributed by atoms with E-state index in [-0.39, 0.29) is 11.1 Å². The number of carbonyl (C=O) groups excluding carboxylic acids is 3. The van der Waals surface area contributed by atoms with Crippen LogP contribution in [-0.4, -0.2) is 33.0 Å². The number of imide groups is 1. The molecule has 24 heavy (non-hydrogen) atoms. The Balaban J connectivity index is 1.72. The minimum atomic E-state index is -0.635. The summed E-state index contributed by atoms with van der Waals surface area (Å²) in [4.78, 5) is 41.8. The van der Waals surface area contributed by atoms with Crippen molar-refractivity contribution in [2.45, 2.75) is 27.2 Å². The van der Waals surface area contributed by atoms with Gasteiger partial charge < -0.3 is 4.84 Å². The van der Waals surface area contributed by atoms with Gasteiger partial charge in [-0.05, 0) is 38.0 Å². The molecule has 1 aromatic carbocycles. The van der Waals surface area contributed by atoms with E-state index in [4.69, 9.17) is 4.84 Å². The lowest BCUT2D eigenvalue weighted by molar-refractivity contribution is -0.173. The monoisotopic (exact) mass is 327 g/mol. The molecule has 2 amide bonds. The third-order valence-electron chi connectivity index (χ3n) is 4.13. The summed E-state index contributed by atoms with van der Waals surface area (Å²) in [7, 11) is 0. The highest BCUT2D eigenvalue weighted by Crippen LogP contribution is 2.24. The van der Waals surface area contributed by atoms with Gasteiger partial charge in [-0.15, -0.1) is 0 Å². The van der Waals surface area contributed by atoms with Gasteiger partial charge in [0, 0.05) is 5.69 Å². The van der Waals surface area contributed by atoms with Gasteiger partial charge in [0.1, 0.15) is 0 Å². The lowest BCUT2D eigenvalue weighted by atomic mass is 10.00. The van der Waals surface area contributed by atoms with Crippen molar-refractivity contribution in [2.24, 2.45) is 5.92 Å². The molecule has 1 aliphatic rings. The van der Waals surface area contributed by atoms with Crippen LogP contribution < -0.4 is 0 Å². The maximum absolute atomic E-state index is 12.3. The number of fused-ring (bicyclic) bond motifs is 1.